The molecule has 0 aromatic carbocycles. The van der Waals surface area contributed by atoms with Crippen LogP contribution in [0.2, 0.25) is 0 Å². The van der Waals surface area contributed by atoms with E-state index in [1.807, 2.05) is 12.2 Å². The van der Waals surface area contributed by atoms with E-state index in [2.05, 4.69) is 65.9 Å². The Balaban J connectivity index is 3.53. The molecule has 3 nitrogen and oxygen atoms in total. The van der Waals surface area contributed by atoms with E-state index in [9.17, 15) is 15.3 Å². The van der Waals surface area contributed by atoms with Gasteiger partial charge in [0.05, 0.1) is 6.10 Å². The third-order valence-electron chi connectivity index (χ3n) is 8.18. The van der Waals surface area contributed by atoms with Gasteiger partial charge in [-0.3, -0.25) is 0 Å². The molecule has 0 amide bonds. The fourth-order valence-corrected chi connectivity index (χ4v) is 5.24. The summed E-state index contributed by atoms with van der Waals surface area (Å²) in [6, 6.07) is 0. The number of terminal acetylenes is 2. The fraction of sp³-hybridized carbons (Fsp3) is 0.609. The molecule has 0 saturated carbocycles. The molecule has 0 aromatic rings. The van der Waals surface area contributed by atoms with Gasteiger partial charge in [0.25, 0.3) is 0 Å². The van der Waals surface area contributed by atoms with Crippen LogP contribution in [0.1, 0.15) is 161 Å². The number of aliphatic hydroxyl groups excluding tert-OH is 3. The van der Waals surface area contributed by atoms with Crippen molar-refractivity contribution in [3.8, 4) is 48.4 Å². The molecule has 0 spiro atoms. The maximum Gasteiger partial charge on any atom is 0.176 e. The number of aliphatic hydroxyl groups is 3. The lowest BCUT2D eigenvalue weighted by Crippen LogP contribution is -2.01. The van der Waals surface area contributed by atoms with Crippen LogP contribution < -0.4 is 0 Å². The molecule has 3 atom stereocenters. The van der Waals surface area contributed by atoms with E-state index in [4.69, 9.17) is 12.8 Å². The van der Waals surface area contributed by atoms with Crippen LogP contribution in [-0.2, 0) is 0 Å². The number of hydrogen-bond donors (Lipinski definition) is 3. The highest BCUT2D eigenvalue weighted by Gasteiger charge is 1.99. The minimum Gasteiger partial charge on any atom is -0.389 e. The van der Waals surface area contributed by atoms with Crippen molar-refractivity contribution in [2.24, 2.45) is 0 Å². The molecule has 0 heterocycles. The molecule has 3 N–H and O–H groups in total. The first-order valence-electron chi connectivity index (χ1n) is 19.3. The third kappa shape index (κ3) is 39.1. The highest BCUT2D eigenvalue weighted by atomic mass is 16.3. The second kappa shape index (κ2) is 39.3. The zero-order chi connectivity index (χ0) is 35.7. The summed E-state index contributed by atoms with van der Waals surface area (Å²) in [7, 11) is 0. The van der Waals surface area contributed by atoms with E-state index in [-0.39, 0.29) is 6.10 Å². The van der Waals surface area contributed by atoms with Crippen molar-refractivity contribution in [1.82, 2.24) is 0 Å². The Bertz CT molecular complexity index is 1100. The largest absolute Gasteiger partial charge is 0.389 e. The monoisotopic (exact) mass is 669 g/mol. The van der Waals surface area contributed by atoms with Gasteiger partial charge in [0.2, 0.25) is 0 Å². The minimum absolute atomic E-state index is 0.386. The first-order chi connectivity index (χ1) is 24.1. The lowest BCUT2D eigenvalue weighted by atomic mass is 10.0. The molecule has 0 aliphatic rings. The van der Waals surface area contributed by atoms with Crippen LogP contribution in [0.25, 0.3) is 0 Å². The number of allylic oxidation sites excluding steroid dienone is 8. The molecule has 270 valence electrons. The average Bonchev–Trinajstić information content (AvgIpc) is 3.10. The second-order valence-electron chi connectivity index (χ2n) is 12.8. The first-order valence-corrected chi connectivity index (χ1v) is 19.3. The Morgan fingerprint density at radius 1 is 0.469 bits per heavy atom. The Kier molecular flexibility index (Phi) is 36.7. The lowest BCUT2D eigenvalue weighted by molar-refractivity contribution is 0.208. The second-order valence-corrected chi connectivity index (χ2v) is 12.8. The van der Waals surface area contributed by atoms with Crippen molar-refractivity contribution >= 4 is 0 Å². The molecule has 0 aromatic heterocycles. The lowest BCUT2D eigenvalue weighted by Gasteiger charge is -2.05. The molecule has 0 saturated heterocycles. The topological polar surface area (TPSA) is 60.7 Å². The van der Waals surface area contributed by atoms with Crippen molar-refractivity contribution in [1.29, 1.82) is 0 Å². The normalized spacial score (nSPS) is 13.4. The molecule has 0 bridgehead atoms. The zero-order valence-corrected chi connectivity index (χ0v) is 30.7. The van der Waals surface area contributed by atoms with E-state index < -0.39 is 12.2 Å². The average molecular weight is 669 g/mol. The van der Waals surface area contributed by atoms with Gasteiger partial charge in [-0.2, -0.15) is 0 Å². The standard InChI is InChI=1S/C46H68O3/c1-3-5-39-45(48)41-36-32-28-24-20-16-11-9-7-6-8-10-12-17-21-25-29-33-37-42-46(49)43-38-34-30-26-22-18-14-13-15-19-23-27-31-35-40-44(47)4-2/h1-2,5,12,14,17-18,29,33,35,39-40,44-49H,6-11,13,15-16,19-28,30-32,34,36,41H2/b17-12-,18-14-,33-29+,39-5-,40-35+. The van der Waals surface area contributed by atoms with Crippen LogP contribution in [0.5, 0.6) is 0 Å². The summed E-state index contributed by atoms with van der Waals surface area (Å²) in [6.07, 6.45) is 57.3. The van der Waals surface area contributed by atoms with Crippen LogP contribution >= 0.6 is 0 Å². The summed E-state index contributed by atoms with van der Waals surface area (Å²) in [4.78, 5) is 0. The smallest absolute Gasteiger partial charge is 0.176 e. The molecule has 3 unspecified atom stereocenters. The Labute approximate surface area is 302 Å². The summed E-state index contributed by atoms with van der Waals surface area (Å²) in [5.41, 5.74) is 0. The molecular formula is C46H68O3. The highest BCUT2D eigenvalue weighted by molar-refractivity contribution is 5.24. The molecule has 3 heteroatoms. The van der Waals surface area contributed by atoms with Crippen molar-refractivity contribution in [2.75, 3.05) is 0 Å². The summed E-state index contributed by atoms with van der Waals surface area (Å²) in [6.45, 7) is 0. The van der Waals surface area contributed by atoms with Crippen molar-refractivity contribution in [2.45, 2.75) is 179 Å². The maximum atomic E-state index is 9.93. The molecule has 49 heavy (non-hydrogen) atoms. The van der Waals surface area contributed by atoms with Gasteiger partial charge in [0.15, 0.2) is 6.10 Å². The van der Waals surface area contributed by atoms with E-state index in [1.165, 1.54) is 89.9 Å². The van der Waals surface area contributed by atoms with Crippen LogP contribution in [0.15, 0.2) is 60.8 Å². The third-order valence-corrected chi connectivity index (χ3v) is 8.18. The summed E-state index contributed by atoms with van der Waals surface area (Å²) in [5.74, 6) is 16.3. The van der Waals surface area contributed by atoms with Crippen molar-refractivity contribution in [3.05, 3.63) is 60.8 Å². The zero-order valence-electron chi connectivity index (χ0n) is 30.7. The quantitative estimate of drug-likeness (QED) is 0.0406. The summed E-state index contributed by atoms with van der Waals surface area (Å²) in [5, 5.41) is 28.9. The van der Waals surface area contributed by atoms with Gasteiger partial charge in [-0.1, -0.05) is 149 Å². The molecule has 0 rings (SSSR count). The fourth-order valence-electron chi connectivity index (χ4n) is 5.24. The molecule has 0 fully saturated rings. The molecule has 0 aliphatic carbocycles. The van der Waals surface area contributed by atoms with Gasteiger partial charge in [-0.25, -0.2) is 0 Å². The maximum absolute atomic E-state index is 9.93. The molecule has 0 aliphatic heterocycles. The molecular weight excluding hydrogens is 601 g/mol. The van der Waals surface area contributed by atoms with Gasteiger partial charge >= 0.3 is 0 Å². The van der Waals surface area contributed by atoms with E-state index in [0.717, 1.165) is 70.6 Å². The Morgan fingerprint density at radius 2 is 0.959 bits per heavy atom. The van der Waals surface area contributed by atoms with E-state index >= 15 is 0 Å². The first kappa shape index (κ1) is 45.8. The summed E-state index contributed by atoms with van der Waals surface area (Å²) >= 11 is 0. The van der Waals surface area contributed by atoms with Crippen LogP contribution in [0.4, 0.5) is 0 Å². The van der Waals surface area contributed by atoms with Crippen LogP contribution in [-0.4, -0.2) is 33.6 Å². The SMILES string of the molecule is C#C/C=C\C(O)CCCCCCCCCCCCC/C=C\CC/C=C/C#CC(O)C#CCCCC/C=C\CCCCCC/C=C/C(O)C#C. The Hall–Kier alpha value is -3.18. The van der Waals surface area contributed by atoms with E-state index in [1.54, 1.807) is 18.2 Å². The number of unbranched alkanes of at least 4 members (excludes halogenated alkanes) is 20. The van der Waals surface area contributed by atoms with Gasteiger partial charge < -0.3 is 15.3 Å². The minimum atomic E-state index is -0.875. The van der Waals surface area contributed by atoms with Crippen LogP contribution in [0, 0.1) is 48.4 Å². The summed E-state index contributed by atoms with van der Waals surface area (Å²) < 4.78 is 0. The van der Waals surface area contributed by atoms with Crippen molar-refractivity contribution in [3.63, 3.8) is 0 Å². The van der Waals surface area contributed by atoms with Crippen LogP contribution in [0.3, 0.4) is 0 Å². The predicted octanol–water partition coefficient (Wildman–Crippen LogP) is 10.9. The highest BCUT2D eigenvalue weighted by Crippen LogP contribution is 2.14. The van der Waals surface area contributed by atoms with Crippen molar-refractivity contribution < 1.29 is 15.3 Å². The number of rotatable bonds is 30. The Morgan fingerprint density at radius 3 is 1.53 bits per heavy atom. The predicted molar refractivity (Wildman–Crippen MR) is 212 cm³/mol. The van der Waals surface area contributed by atoms with E-state index in [0.29, 0.717) is 0 Å². The van der Waals surface area contributed by atoms with Gasteiger partial charge in [0.1, 0.15) is 6.10 Å². The number of hydrogen-bond acceptors (Lipinski definition) is 3. The molecule has 0 radical (unpaired) electrons. The van der Waals surface area contributed by atoms with Gasteiger partial charge in [-0.05, 0) is 101 Å². The van der Waals surface area contributed by atoms with Gasteiger partial charge in [-0.15, -0.1) is 12.8 Å². The van der Waals surface area contributed by atoms with Gasteiger partial charge in [0, 0.05) is 6.42 Å².